The van der Waals surface area contributed by atoms with Gasteiger partial charge in [0.25, 0.3) is 0 Å². The number of benzene rings is 1. The maximum absolute atomic E-state index is 12.4. The zero-order valence-corrected chi connectivity index (χ0v) is 17.9. The van der Waals surface area contributed by atoms with E-state index in [1.54, 1.807) is 23.1 Å². The fraction of sp³-hybridized carbons (Fsp3) is 0.348. The van der Waals surface area contributed by atoms with Gasteiger partial charge in [-0.05, 0) is 36.6 Å². The number of aliphatic carboxylic acids is 1. The normalized spacial score (nSPS) is 10.8. The molecule has 0 aliphatic rings. The van der Waals surface area contributed by atoms with Crippen molar-refractivity contribution in [3.63, 3.8) is 0 Å². The first-order valence-electron chi connectivity index (χ1n) is 10.7. The number of carboxylic acid groups (broad SMARTS) is 1. The number of amides is 1. The van der Waals surface area contributed by atoms with Gasteiger partial charge in [0.1, 0.15) is 0 Å². The maximum atomic E-state index is 12.4. The second-order valence-corrected chi connectivity index (χ2v) is 7.62. The lowest BCUT2D eigenvalue weighted by Crippen LogP contribution is -2.13. The van der Waals surface area contributed by atoms with Crippen LogP contribution in [0.25, 0.3) is 11.1 Å². The molecule has 3 rings (SSSR count). The SMILES string of the molecule is Nc1ccc(-c2cccnc2)cc1NC(=O)CCc1cn(CCCCCCC(=O)O)nn1. The Bertz CT molecular complexity index is 1040. The summed E-state index contributed by atoms with van der Waals surface area (Å²) in [5.74, 6) is -0.896. The monoisotopic (exact) mass is 436 g/mol. The summed E-state index contributed by atoms with van der Waals surface area (Å²) >= 11 is 0. The number of carbonyl (C=O) groups is 2. The Morgan fingerprint density at radius 2 is 1.91 bits per heavy atom. The molecule has 0 bridgehead atoms. The molecule has 4 N–H and O–H groups in total. The van der Waals surface area contributed by atoms with E-state index in [2.05, 4.69) is 20.6 Å². The van der Waals surface area contributed by atoms with E-state index in [-0.39, 0.29) is 18.7 Å². The molecule has 0 fully saturated rings. The van der Waals surface area contributed by atoms with E-state index in [0.717, 1.165) is 42.6 Å². The Morgan fingerprint density at radius 3 is 2.69 bits per heavy atom. The lowest BCUT2D eigenvalue weighted by atomic mass is 10.1. The molecule has 9 nitrogen and oxygen atoms in total. The molecule has 2 aromatic heterocycles. The summed E-state index contributed by atoms with van der Waals surface area (Å²) in [6.45, 7) is 0.726. The van der Waals surface area contributed by atoms with Crippen molar-refractivity contribution >= 4 is 23.3 Å². The third kappa shape index (κ3) is 7.19. The van der Waals surface area contributed by atoms with Gasteiger partial charge in [-0.2, -0.15) is 0 Å². The van der Waals surface area contributed by atoms with Crippen molar-refractivity contribution in [2.45, 2.75) is 51.5 Å². The van der Waals surface area contributed by atoms with Crippen molar-refractivity contribution in [2.24, 2.45) is 0 Å². The molecule has 0 aliphatic carbocycles. The Hall–Kier alpha value is -3.75. The van der Waals surface area contributed by atoms with Gasteiger partial charge < -0.3 is 16.2 Å². The molecule has 0 radical (unpaired) electrons. The molecule has 0 aliphatic heterocycles. The molecular weight excluding hydrogens is 408 g/mol. The fourth-order valence-corrected chi connectivity index (χ4v) is 3.30. The highest BCUT2D eigenvalue weighted by molar-refractivity contribution is 5.95. The molecule has 3 aromatic rings. The molecule has 32 heavy (non-hydrogen) atoms. The quantitative estimate of drug-likeness (QED) is 0.292. The van der Waals surface area contributed by atoms with Crippen molar-refractivity contribution < 1.29 is 14.7 Å². The number of nitrogens with two attached hydrogens (primary N) is 1. The van der Waals surface area contributed by atoms with E-state index < -0.39 is 5.97 Å². The van der Waals surface area contributed by atoms with Crippen LogP contribution in [-0.4, -0.2) is 37.0 Å². The van der Waals surface area contributed by atoms with Crippen LogP contribution in [0.5, 0.6) is 0 Å². The maximum Gasteiger partial charge on any atom is 0.303 e. The summed E-state index contributed by atoms with van der Waals surface area (Å²) < 4.78 is 1.76. The molecule has 0 saturated carbocycles. The Balaban J connectivity index is 1.44. The van der Waals surface area contributed by atoms with Gasteiger partial charge in [-0.1, -0.05) is 30.2 Å². The summed E-state index contributed by atoms with van der Waals surface area (Å²) in [6, 6.07) is 9.31. The van der Waals surface area contributed by atoms with Gasteiger partial charge in [0.2, 0.25) is 5.91 Å². The number of aromatic nitrogens is 4. The molecule has 0 saturated heterocycles. The van der Waals surface area contributed by atoms with Gasteiger partial charge in [0.15, 0.2) is 0 Å². The molecule has 1 aromatic carbocycles. The molecule has 0 unspecified atom stereocenters. The van der Waals surface area contributed by atoms with Crippen molar-refractivity contribution in [2.75, 3.05) is 11.1 Å². The number of nitrogens with one attached hydrogen (secondary N) is 1. The number of hydrogen-bond donors (Lipinski definition) is 3. The molecule has 0 spiro atoms. The lowest BCUT2D eigenvalue weighted by Gasteiger charge is -2.10. The number of pyridine rings is 1. The number of aryl methyl sites for hydroxylation is 2. The van der Waals surface area contributed by atoms with Crippen LogP contribution in [0.4, 0.5) is 11.4 Å². The average Bonchev–Trinajstić information content (AvgIpc) is 3.24. The highest BCUT2D eigenvalue weighted by Gasteiger charge is 2.10. The van der Waals surface area contributed by atoms with Crippen LogP contribution >= 0.6 is 0 Å². The first kappa shape index (κ1) is 22.9. The molecule has 168 valence electrons. The number of carbonyl (C=O) groups excluding carboxylic acids is 1. The highest BCUT2D eigenvalue weighted by Crippen LogP contribution is 2.27. The minimum Gasteiger partial charge on any atom is -0.481 e. The summed E-state index contributed by atoms with van der Waals surface area (Å²) in [6.07, 6.45) is 9.73. The van der Waals surface area contributed by atoms with Crippen LogP contribution in [-0.2, 0) is 22.6 Å². The smallest absolute Gasteiger partial charge is 0.303 e. The topological polar surface area (TPSA) is 136 Å². The number of carboxylic acids is 1. The zero-order valence-electron chi connectivity index (χ0n) is 17.9. The minimum absolute atomic E-state index is 0.145. The molecule has 2 heterocycles. The van der Waals surface area contributed by atoms with Crippen LogP contribution in [0.3, 0.4) is 0 Å². The molecule has 9 heteroatoms. The third-order valence-electron chi connectivity index (χ3n) is 5.04. The summed E-state index contributed by atoms with van der Waals surface area (Å²) in [7, 11) is 0. The summed E-state index contributed by atoms with van der Waals surface area (Å²) in [5, 5.41) is 19.7. The van der Waals surface area contributed by atoms with E-state index in [9.17, 15) is 9.59 Å². The van der Waals surface area contributed by atoms with E-state index in [1.165, 1.54) is 0 Å². The first-order valence-corrected chi connectivity index (χ1v) is 10.7. The van der Waals surface area contributed by atoms with Crippen LogP contribution in [0.2, 0.25) is 0 Å². The highest BCUT2D eigenvalue weighted by atomic mass is 16.4. The van der Waals surface area contributed by atoms with Gasteiger partial charge in [-0.15, -0.1) is 5.10 Å². The molecule has 0 atom stereocenters. The lowest BCUT2D eigenvalue weighted by molar-refractivity contribution is -0.137. The number of unbranched alkanes of at least 4 members (excludes halogenated alkanes) is 3. The molecular formula is C23H28N6O3. The van der Waals surface area contributed by atoms with Crippen LogP contribution < -0.4 is 11.1 Å². The van der Waals surface area contributed by atoms with Gasteiger partial charge >= 0.3 is 5.97 Å². The van der Waals surface area contributed by atoms with Gasteiger partial charge in [-0.3, -0.25) is 19.3 Å². The number of nitrogens with zero attached hydrogens (tertiary/aromatic N) is 4. The number of anilines is 2. The van der Waals surface area contributed by atoms with Crippen molar-refractivity contribution in [3.8, 4) is 11.1 Å². The average molecular weight is 437 g/mol. The second kappa shape index (κ2) is 11.6. The van der Waals surface area contributed by atoms with Gasteiger partial charge in [0.05, 0.1) is 17.1 Å². The van der Waals surface area contributed by atoms with Crippen LogP contribution in [0.15, 0.2) is 48.9 Å². The van der Waals surface area contributed by atoms with Crippen LogP contribution in [0.1, 0.15) is 44.2 Å². The number of rotatable bonds is 12. The van der Waals surface area contributed by atoms with E-state index in [4.69, 9.17) is 10.8 Å². The van der Waals surface area contributed by atoms with Crippen molar-refractivity contribution in [1.82, 2.24) is 20.0 Å². The number of hydrogen-bond acceptors (Lipinski definition) is 6. The van der Waals surface area contributed by atoms with E-state index >= 15 is 0 Å². The van der Waals surface area contributed by atoms with Crippen molar-refractivity contribution in [1.29, 1.82) is 0 Å². The predicted octanol–water partition coefficient (Wildman–Crippen LogP) is 3.53. The van der Waals surface area contributed by atoms with E-state index in [0.29, 0.717) is 24.2 Å². The second-order valence-electron chi connectivity index (χ2n) is 7.62. The fourth-order valence-electron chi connectivity index (χ4n) is 3.30. The number of nitrogen functional groups attached to an aromatic ring is 1. The Morgan fingerprint density at radius 1 is 1.06 bits per heavy atom. The van der Waals surface area contributed by atoms with Gasteiger partial charge in [-0.25, -0.2) is 0 Å². The Labute approximate surface area is 186 Å². The largest absolute Gasteiger partial charge is 0.481 e. The van der Waals surface area contributed by atoms with Crippen molar-refractivity contribution in [3.05, 3.63) is 54.6 Å². The zero-order chi connectivity index (χ0) is 22.8. The predicted molar refractivity (Wildman–Crippen MR) is 122 cm³/mol. The third-order valence-corrected chi connectivity index (χ3v) is 5.04. The van der Waals surface area contributed by atoms with Gasteiger partial charge in [0, 0.05) is 50.0 Å². The van der Waals surface area contributed by atoms with E-state index in [1.807, 2.05) is 30.5 Å². The minimum atomic E-state index is -0.751. The summed E-state index contributed by atoms with van der Waals surface area (Å²) in [5.41, 5.74) is 9.73. The summed E-state index contributed by atoms with van der Waals surface area (Å²) in [4.78, 5) is 27.1. The first-order chi connectivity index (χ1) is 15.5. The standard InChI is InChI=1S/C23H28N6O3/c24-20-10-8-17(18-6-5-12-25-15-18)14-21(20)26-22(30)11-9-19-16-29(28-27-19)13-4-2-1-3-7-23(31)32/h5-6,8,10,12,14-16H,1-4,7,9,11,13,24H2,(H,26,30)(H,31,32). The Kier molecular flexibility index (Phi) is 8.30. The van der Waals surface area contributed by atoms with Crippen LogP contribution in [0, 0.1) is 0 Å². The molecule has 1 amide bonds.